The molecule has 0 radical (unpaired) electrons. The maximum Gasteiger partial charge on any atom is 0.309 e. The first kappa shape index (κ1) is 14.1. The van der Waals surface area contributed by atoms with E-state index in [4.69, 9.17) is 16.3 Å². The smallest absolute Gasteiger partial charge is 0.309 e. The summed E-state index contributed by atoms with van der Waals surface area (Å²) in [5.41, 5.74) is -2.24. The van der Waals surface area contributed by atoms with E-state index in [1.165, 1.54) is 13.0 Å². The van der Waals surface area contributed by atoms with Crippen molar-refractivity contribution < 1.29 is 19.4 Å². The summed E-state index contributed by atoms with van der Waals surface area (Å²) in [6, 6.07) is 0. The molecule has 110 valence electrons. The Hall–Kier alpha value is -0.870. The van der Waals surface area contributed by atoms with Gasteiger partial charge >= 0.3 is 5.97 Å². The summed E-state index contributed by atoms with van der Waals surface area (Å²) >= 11 is 6.45. The maximum absolute atomic E-state index is 12.2. The van der Waals surface area contributed by atoms with Crippen LogP contribution in [0.1, 0.15) is 33.6 Å². The molecule has 1 N–H and O–H groups in total. The molecule has 2 fully saturated rings. The lowest BCUT2D eigenvalue weighted by Gasteiger charge is -2.58. The van der Waals surface area contributed by atoms with Crippen LogP contribution in [-0.2, 0) is 14.3 Å². The summed E-state index contributed by atoms with van der Waals surface area (Å²) in [7, 11) is 0. The average Bonchev–Trinajstić information content (AvgIpc) is 2.67. The van der Waals surface area contributed by atoms with Gasteiger partial charge in [0.05, 0.1) is 5.92 Å². The zero-order valence-electron chi connectivity index (χ0n) is 11.9. The van der Waals surface area contributed by atoms with Crippen LogP contribution in [0.3, 0.4) is 0 Å². The zero-order valence-corrected chi connectivity index (χ0v) is 12.6. The van der Waals surface area contributed by atoms with Crippen LogP contribution in [-0.4, -0.2) is 33.4 Å². The van der Waals surface area contributed by atoms with Gasteiger partial charge in [-0.05, 0) is 25.8 Å². The van der Waals surface area contributed by atoms with Gasteiger partial charge in [0.2, 0.25) is 0 Å². The second-order valence-electron chi connectivity index (χ2n) is 6.73. The fourth-order valence-electron chi connectivity index (χ4n) is 4.15. The summed E-state index contributed by atoms with van der Waals surface area (Å²) in [5, 5.41) is 11.4. The minimum absolute atomic E-state index is 0.0852. The first-order valence-electron chi connectivity index (χ1n) is 7.00. The highest BCUT2D eigenvalue weighted by Gasteiger charge is 2.72. The highest BCUT2D eigenvalue weighted by atomic mass is 35.5. The lowest BCUT2D eigenvalue weighted by Crippen LogP contribution is -2.72. The highest BCUT2D eigenvalue weighted by molar-refractivity contribution is 6.38. The Labute approximate surface area is 123 Å². The van der Waals surface area contributed by atoms with Crippen molar-refractivity contribution in [3.63, 3.8) is 0 Å². The number of ether oxygens (including phenoxy) is 1. The van der Waals surface area contributed by atoms with E-state index in [9.17, 15) is 14.7 Å². The topological polar surface area (TPSA) is 63.6 Å². The van der Waals surface area contributed by atoms with Crippen molar-refractivity contribution in [3.05, 3.63) is 12.2 Å². The second kappa shape index (κ2) is 3.86. The summed E-state index contributed by atoms with van der Waals surface area (Å²) in [6.45, 7) is 5.21. The lowest BCUT2D eigenvalue weighted by molar-refractivity contribution is -0.201. The SMILES string of the molecule is C[C@@H]1C(=O)O[C@H]2[C@H]1CC[C@@]1(C)C=CC(=O)[C@](C)(Cl)[C@]21O. The molecule has 0 bridgehead atoms. The molecule has 0 amide bonds. The van der Waals surface area contributed by atoms with Gasteiger partial charge < -0.3 is 9.84 Å². The van der Waals surface area contributed by atoms with Gasteiger partial charge in [0, 0.05) is 11.3 Å². The van der Waals surface area contributed by atoms with Crippen LogP contribution in [0.15, 0.2) is 12.2 Å². The Balaban J connectivity index is 2.17. The van der Waals surface area contributed by atoms with Crippen LogP contribution < -0.4 is 0 Å². The molecule has 4 nitrogen and oxygen atoms in total. The number of halogens is 1. The van der Waals surface area contributed by atoms with E-state index in [1.807, 2.05) is 13.8 Å². The average molecular weight is 299 g/mol. The third-order valence-electron chi connectivity index (χ3n) is 5.71. The Morgan fingerprint density at radius 1 is 1.40 bits per heavy atom. The van der Waals surface area contributed by atoms with Crippen molar-refractivity contribution >= 4 is 23.4 Å². The maximum atomic E-state index is 12.2. The Kier molecular flexibility index (Phi) is 2.72. The number of fused-ring (bicyclic) bond motifs is 3. The minimum Gasteiger partial charge on any atom is -0.459 e. The summed E-state index contributed by atoms with van der Waals surface area (Å²) in [6.07, 6.45) is 3.91. The van der Waals surface area contributed by atoms with E-state index in [0.29, 0.717) is 6.42 Å². The predicted molar refractivity (Wildman–Crippen MR) is 73.2 cm³/mol. The van der Waals surface area contributed by atoms with Gasteiger partial charge in [-0.3, -0.25) is 9.59 Å². The standard InChI is InChI=1S/C15H19ClO4/c1-8-9-4-6-13(2)7-5-10(17)14(3,16)15(13,19)11(9)20-12(8)18/h5,7-9,11,19H,4,6H2,1-3H3/t8-,9-,11-,13-,14-,15-/m0/s1. The van der Waals surface area contributed by atoms with Crippen LogP contribution in [0.4, 0.5) is 0 Å². The molecule has 1 aliphatic heterocycles. The van der Waals surface area contributed by atoms with Crippen LogP contribution >= 0.6 is 11.6 Å². The van der Waals surface area contributed by atoms with Crippen molar-refractivity contribution in [1.82, 2.24) is 0 Å². The third-order valence-corrected chi connectivity index (χ3v) is 6.18. The van der Waals surface area contributed by atoms with Gasteiger partial charge in [-0.2, -0.15) is 0 Å². The molecule has 3 aliphatic rings. The number of esters is 1. The van der Waals surface area contributed by atoms with Gasteiger partial charge in [-0.1, -0.05) is 19.9 Å². The van der Waals surface area contributed by atoms with Gasteiger partial charge in [0.15, 0.2) is 5.78 Å². The van der Waals surface area contributed by atoms with Gasteiger partial charge in [-0.25, -0.2) is 0 Å². The Bertz CT molecular complexity index is 526. The number of alkyl halides is 1. The van der Waals surface area contributed by atoms with E-state index in [2.05, 4.69) is 0 Å². The fraction of sp³-hybridized carbons (Fsp3) is 0.733. The van der Waals surface area contributed by atoms with Gasteiger partial charge in [-0.15, -0.1) is 11.6 Å². The Morgan fingerprint density at radius 2 is 2.05 bits per heavy atom. The number of allylic oxidation sites excluding steroid dienone is 1. The number of rotatable bonds is 0. The van der Waals surface area contributed by atoms with E-state index >= 15 is 0 Å². The van der Waals surface area contributed by atoms with Crippen molar-refractivity contribution in [2.75, 3.05) is 0 Å². The number of ketones is 1. The first-order valence-corrected chi connectivity index (χ1v) is 7.38. The van der Waals surface area contributed by atoms with E-state index in [0.717, 1.165) is 6.42 Å². The molecule has 0 aromatic carbocycles. The largest absolute Gasteiger partial charge is 0.459 e. The minimum atomic E-state index is -1.57. The van der Waals surface area contributed by atoms with E-state index in [-0.39, 0.29) is 23.6 Å². The number of hydrogen-bond acceptors (Lipinski definition) is 4. The first-order chi connectivity index (χ1) is 9.15. The molecule has 1 saturated heterocycles. The van der Waals surface area contributed by atoms with Crippen molar-refractivity contribution in [3.8, 4) is 0 Å². The van der Waals surface area contributed by atoms with Crippen LogP contribution in [0.25, 0.3) is 0 Å². The van der Waals surface area contributed by atoms with E-state index < -0.39 is 22.0 Å². The molecule has 0 aromatic heterocycles. The molecule has 2 aliphatic carbocycles. The number of hydrogen-bond donors (Lipinski definition) is 1. The Morgan fingerprint density at radius 3 is 2.70 bits per heavy atom. The van der Waals surface area contributed by atoms with Crippen LogP contribution in [0, 0.1) is 17.3 Å². The number of aliphatic hydroxyl groups is 1. The van der Waals surface area contributed by atoms with Crippen molar-refractivity contribution in [2.45, 2.75) is 50.2 Å². The second-order valence-corrected chi connectivity index (χ2v) is 7.49. The quantitative estimate of drug-likeness (QED) is 0.547. The normalized spacial score (nSPS) is 54.4. The van der Waals surface area contributed by atoms with Crippen LogP contribution in [0.2, 0.25) is 0 Å². The van der Waals surface area contributed by atoms with Gasteiger partial charge in [0.25, 0.3) is 0 Å². The monoisotopic (exact) mass is 298 g/mol. The van der Waals surface area contributed by atoms with Crippen molar-refractivity contribution in [1.29, 1.82) is 0 Å². The molecule has 6 atom stereocenters. The molecule has 1 saturated carbocycles. The lowest BCUT2D eigenvalue weighted by atomic mass is 9.52. The molecule has 0 spiro atoms. The van der Waals surface area contributed by atoms with Gasteiger partial charge in [0.1, 0.15) is 16.6 Å². The van der Waals surface area contributed by atoms with Crippen molar-refractivity contribution in [2.24, 2.45) is 17.3 Å². The summed E-state index contributed by atoms with van der Waals surface area (Å²) in [4.78, 5) is 22.5. The molecule has 0 unspecified atom stereocenters. The molecule has 1 heterocycles. The predicted octanol–water partition coefficient (Wildman–Crippen LogP) is 1.83. The van der Waals surface area contributed by atoms with Crippen LogP contribution in [0.5, 0.6) is 0 Å². The summed E-state index contributed by atoms with van der Waals surface area (Å²) in [5.74, 6) is -0.998. The number of carbonyl (C=O) groups excluding carboxylic acids is 2. The molecule has 20 heavy (non-hydrogen) atoms. The summed E-state index contributed by atoms with van der Waals surface area (Å²) < 4.78 is 5.44. The molecule has 5 heteroatoms. The molecular formula is C15H19ClO4. The zero-order chi connectivity index (χ0) is 14.9. The van der Waals surface area contributed by atoms with E-state index in [1.54, 1.807) is 6.08 Å². The third kappa shape index (κ3) is 1.37. The molecule has 3 rings (SSSR count). The number of carbonyl (C=O) groups is 2. The molecule has 0 aromatic rings. The molecular weight excluding hydrogens is 280 g/mol. The fourth-order valence-corrected chi connectivity index (χ4v) is 4.54. The highest BCUT2D eigenvalue weighted by Crippen LogP contribution is 2.60.